The van der Waals surface area contributed by atoms with Crippen LogP contribution in [0.1, 0.15) is 31.4 Å². The lowest BCUT2D eigenvalue weighted by atomic mass is 10.3. The summed E-state index contributed by atoms with van der Waals surface area (Å²) in [5, 5.41) is 2.43. The first-order chi connectivity index (χ1) is 8.79. The van der Waals surface area contributed by atoms with Crippen molar-refractivity contribution in [1.29, 1.82) is 0 Å². The van der Waals surface area contributed by atoms with Crippen LogP contribution in [0.25, 0.3) is 10.6 Å². The van der Waals surface area contributed by atoms with E-state index in [2.05, 4.69) is 29.9 Å². The Bertz CT molecular complexity index is 531. The highest BCUT2D eigenvalue weighted by atomic mass is 32.1. The van der Waals surface area contributed by atoms with E-state index in [4.69, 9.17) is 4.98 Å². The topological polar surface area (TPSA) is 29.0 Å². The molecule has 0 saturated heterocycles. The standard InChI is InChI=1S/C14H17N3S/c1-3-17(2)14-12(10-6-7-10)16-13(18-14)11-5-4-8-15-9-11/h4-5,8-10H,3,6-7H2,1-2H3. The summed E-state index contributed by atoms with van der Waals surface area (Å²) in [7, 11) is 2.15. The third kappa shape index (κ3) is 2.12. The van der Waals surface area contributed by atoms with Gasteiger partial charge in [0.05, 0.1) is 5.69 Å². The molecule has 3 rings (SSSR count). The molecule has 0 unspecified atom stereocenters. The molecule has 0 radical (unpaired) electrons. The van der Waals surface area contributed by atoms with Gasteiger partial charge in [-0.3, -0.25) is 4.98 Å². The summed E-state index contributed by atoms with van der Waals surface area (Å²) in [5.74, 6) is 0.690. The average Bonchev–Trinajstić information content (AvgIpc) is 3.18. The highest BCUT2D eigenvalue weighted by molar-refractivity contribution is 7.19. The van der Waals surface area contributed by atoms with Gasteiger partial charge in [-0.2, -0.15) is 0 Å². The zero-order valence-corrected chi connectivity index (χ0v) is 11.6. The molecule has 0 aromatic carbocycles. The average molecular weight is 259 g/mol. The maximum Gasteiger partial charge on any atom is 0.127 e. The van der Waals surface area contributed by atoms with Gasteiger partial charge in [0.25, 0.3) is 0 Å². The third-order valence-corrected chi connectivity index (χ3v) is 4.56. The molecule has 2 aromatic rings. The van der Waals surface area contributed by atoms with E-state index in [1.165, 1.54) is 23.5 Å². The molecule has 2 heterocycles. The zero-order chi connectivity index (χ0) is 12.5. The molecule has 4 heteroatoms. The first-order valence-corrected chi connectivity index (χ1v) is 7.23. The van der Waals surface area contributed by atoms with Crippen LogP contribution in [0, 0.1) is 0 Å². The Morgan fingerprint density at radius 2 is 2.28 bits per heavy atom. The van der Waals surface area contributed by atoms with Crippen molar-refractivity contribution in [2.24, 2.45) is 0 Å². The van der Waals surface area contributed by atoms with Crippen molar-refractivity contribution in [3.8, 4) is 10.6 Å². The molecule has 0 amide bonds. The van der Waals surface area contributed by atoms with Crippen LogP contribution in [0.4, 0.5) is 5.00 Å². The van der Waals surface area contributed by atoms with E-state index in [-0.39, 0.29) is 0 Å². The van der Waals surface area contributed by atoms with Crippen molar-refractivity contribution in [2.75, 3.05) is 18.5 Å². The smallest absolute Gasteiger partial charge is 0.127 e. The monoisotopic (exact) mass is 259 g/mol. The van der Waals surface area contributed by atoms with E-state index >= 15 is 0 Å². The van der Waals surface area contributed by atoms with Crippen molar-refractivity contribution >= 4 is 16.3 Å². The Labute approximate surface area is 112 Å². The fourth-order valence-electron chi connectivity index (χ4n) is 1.98. The number of anilines is 1. The van der Waals surface area contributed by atoms with Gasteiger partial charge in [-0.1, -0.05) is 11.3 Å². The van der Waals surface area contributed by atoms with Gasteiger partial charge in [0, 0.05) is 37.5 Å². The first-order valence-electron chi connectivity index (χ1n) is 6.42. The normalized spacial score (nSPS) is 14.8. The van der Waals surface area contributed by atoms with Crippen molar-refractivity contribution in [3.63, 3.8) is 0 Å². The molecule has 2 aromatic heterocycles. The lowest BCUT2D eigenvalue weighted by Gasteiger charge is -2.15. The lowest BCUT2D eigenvalue weighted by Crippen LogP contribution is -2.15. The number of thiazole rings is 1. The maximum atomic E-state index is 4.85. The molecule has 18 heavy (non-hydrogen) atoms. The van der Waals surface area contributed by atoms with Gasteiger partial charge in [0.1, 0.15) is 10.0 Å². The summed E-state index contributed by atoms with van der Waals surface area (Å²) in [6.45, 7) is 3.20. The lowest BCUT2D eigenvalue weighted by molar-refractivity contribution is 0.945. The first kappa shape index (κ1) is 11.7. The van der Waals surface area contributed by atoms with Gasteiger partial charge in [0.15, 0.2) is 0 Å². The Morgan fingerprint density at radius 1 is 1.44 bits per heavy atom. The molecule has 1 saturated carbocycles. The largest absolute Gasteiger partial charge is 0.365 e. The van der Waals surface area contributed by atoms with Crippen molar-refractivity contribution < 1.29 is 0 Å². The predicted octanol–water partition coefficient (Wildman–Crippen LogP) is 3.54. The van der Waals surface area contributed by atoms with Gasteiger partial charge in [0.2, 0.25) is 0 Å². The van der Waals surface area contributed by atoms with Gasteiger partial charge in [-0.05, 0) is 31.9 Å². The number of aromatic nitrogens is 2. The molecule has 1 aliphatic carbocycles. The van der Waals surface area contributed by atoms with Crippen molar-refractivity contribution in [3.05, 3.63) is 30.2 Å². The van der Waals surface area contributed by atoms with Crippen LogP contribution in [0.3, 0.4) is 0 Å². The summed E-state index contributed by atoms with van der Waals surface area (Å²) in [6.07, 6.45) is 6.28. The Hall–Kier alpha value is -1.42. The molecule has 0 atom stereocenters. The van der Waals surface area contributed by atoms with Gasteiger partial charge in [-0.15, -0.1) is 0 Å². The van der Waals surface area contributed by atoms with Gasteiger partial charge < -0.3 is 4.90 Å². The number of hydrogen-bond donors (Lipinski definition) is 0. The molecule has 0 bridgehead atoms. The third-order valence-electron chi connectivity index (χ3n) is 3.33. The number of nitrogens with zero attached hydrogens (tertiary/aromatic N) is 3. The fraction of sp³-hybridized carbons (Fsp3) is 0.429. The van der Waals surface area contributed by atoms with E-state index in [1.807, 2.05) is 12.3 Å². The summed E-state index contributed by atoms with van der Waals surface area (Å²) in [4.78, 5) is 11.3. The summed E-state index contributed by atoms with van der Waals surface area (Å²) >= 11 is 1.79. The second-order valence-electron chi connectivity index (χ2n) is 4.74. The van der Waals surface area contributed by atoms with Gasteiger partial charge in [-0.25, -0.2) is 4.98 Å². The van der Waals surface area contributed by atoms with Crippen LogP contribution < -0.4 is 4.90 Å². The van der Waals surface area contributed by atoms with Crippen LogP contribution in [-0.4, -0.2) is 23.6 Å². The summed E-state index contributed by atoms with van der Waals surface area (Å²) < 4.78 is 0. The maximum absolute atomic E-state index is 4.85. The van der Waals surface area contributed by atoms with E-state index in [1.54, 1.807) is 17.5 Å². The Balaban J connectivity index is 2.02. The molecule has 1 fully saturated rings. The SMILES string of the molecule is CCN(C)c1sc(-c2cccnc2)nc1C1CC1. The van der Waals surface area contributed by atoms with Crippen LogP contribution in [0.5, 0.6) is 0 Å². The number of pyridine rings is 1. The molecular weight excluding hydrogens is 242 g/mol. The Morgan fingerprint density at radius 3 is 2.89 bits per heavy atom. The van der Waals surface area contributed by atoms with Crippen LogP contribution >= 0.6 is 11.3 Å². The molecule has 0 spiro atoms. The summed E-state index contributed by atoms with van der Waals surface area (Å²) in [5.41, 5.74) is 2.42. The highest BCUT2D eigenvalue weighted by Crippen LogP contribution is 2.47. The predicted molar refractivity (Wildman–Crippen MR) is 76.3 cm³/mol. The number of hydrogen-bond acceptors (Lipinski definition) is 4. The van der Waals surface area contributed by atoms with Crippen LogP contribution in [0.15, 0.2) is 24.5 Å². The number of rotatable bonds is 4. The van der Waals surface area contributed by atoms with Crippen LogP contribution in [0.2, 0.25) is 0 Å². The van der Waals surface area contributed by atoms with E-state index in [9.17, 15) is 0 Å². The molecule has 0 N–H and O–H groups in total. The van der Waals surface area contributed by atoms with Crippen molar-refractivity contribution in [1.82, 2.24) is 9.97 Å². The summed E-state index contributed by atoms with van der Waals surface area (Å²) in [6, 6.07) is 4.05. The zero-order valence-electron chi connectivity index (χ0n) is 10.8. The second-order valence-corrected chi connectivity index (χ2v) is 5.72. The molecule has 0 aliphatic heterocycles. The molecule has 94 valence electrons. The minimum Gasteiger partial charge on any atom is -0.365 e. The van der Waals surface area contributed by atoms with E-state index in [0.717, 1.165) is 17.1 Å². The van der Waals surface area contributed by atoms with Gasteiger partial charge >= 0.3 is 0 Å². The van der Waals surface area contributed by atoms with Crippen molar-refractivity contribution in [2.45, 2.75) is 25.7 Å². The Kier molecular flexibility index (Phi) is 3.04. The molecule has 1 aliphatic rings. The minimum absolute atomic E-state index is 0.690. The quantitative estimate of drug-likeness (QED) is 0.841. The molecular formula is C14H17N3S. The molecule has 3 nitrogen and oxygen atoms in total. The fourth-order valence-corrected chi connectivity index (χ4v) is 3.14. The highest BCUT2D eigenvalue weighted by Gasteiger charge is 2.30. The van der Waals surface area contributed by atoms with Crippen LogP contribution in [-0.2, 0) is 0 Å². The second kappa shape index (κ2) is 4.69. The van der Waals surface area contributed by atoms with E-state index in [0.29, 0.717) is 5.92 Å². The minimum atomic E-state index is 0.690. The van der Waals surface area contributed by atoms with E-state index < -0.39 is 0 Å².